The third-order valence-corrected chi connectivity index (χ3v) is 8.04. The molecule has 2 aromatic carbocycles. The first-order valence-corrected chi connectivity index (χ1v) is 13.0. The van der Waals surface area contributed by atoms with Crippen LogP contribution in [0.2, 0.25) is 0 Å². The maximum absolute atomic E-state index is 14.9. The van der Waals surface area contributed by atoms with E-state index in [2.05, 4.69) is 28.8 Å². The first kappa shape index (κ1) is 23.5. The number of halogens is 1. The van der Waals surface area contributed by atoms with Crippen LogP contribution in [0.25, 0.3) is 10.4 Å². The van der Waals surface area contributed by atoms with Gasteiger partial charge in [-0.05, 0) is 68.8 Å². The highest BCUT2D eigenvalue weighted by Crippen LogP contribution is 2.34. The average Bonchev–Trinajstić information content (AvgIpc) is 3.19. The Morgan fingerprint density at radius 2 is 1.82 bits per heavy atom. The summed E-state index contributed by atoms with van der Waals surface area (Å²) in [6, 6.07) is 14.0. The van der Waals surface area contributed by atoms with Gasteiger partial charge in [-0.1, -0.05) is 6.07 Å². The van der Waals surface area contributed by atoms with Crippen molar-refractivity contribution in [1.29, 1.82) is 0 Å². The molecule has 6 nitrogen and oxygen atoms in total. The van der Waals surface area contributed by atoms with Gasteiger partial charge in [-0.15, -0.1) is 11.3 Å². The first-order valence-electron chi connectivity index (χ1n) is 10.7. The van der Waals surface area contributed by atoms with Crippen molar-refractivity contribution in [3.63, 3.8) is 0 Å². The number of nitrogens with zero attached hydrogens (tertiary/aromatic N) is 1. The highest BCUT2D eigenvalue weighted by atomic mass is 32.2. The standard InChI is InChI=1S/C24H28FN3O3S2/c1-15-13-28(14-16(2)26-15)19-7-8-22(31-4)21(12-19)27-33(29,30)24-10-6-18(11-20(24)25)23-9-5-17(3)32-23/h5-12,15-16,26-27H,13-14H2,1-4H3. The molecule has 2 heterocycles. The van der Waals surface area contributed by atoms with Gasteiger partial charge in [0, 0.05) is 40.6 Å². The number of ether oxygens (including phenoxy) is 1. The molecule has 4 rings (SSSR count). The molecular weight excluding hydrogens is 461 g/mol. The van der Waals surface area contributed by atoms with Crippen molar-refractivity contribution in [3.05, 3.63) is 59.2 Å². The summed E-state index contributed by atoms with van der Waals surface area (Å²) in [4.78, 5) is 3.78. The SMILES string of the molecule is COc1ccc(N2CC(C)NC(C)C2)cc1NS(=O)(=O)c1ccc(-c2ccc(C)s2)cc1F. The van der Waals surface area contributed by atoms with Crippen molar-refractivity contribution >= 4 is 32.7 Å². The molecule has 176 valence electrons. The van der Waals surface area contributed by atoms with Crippen molar-refractivity contribution in [3.8, 4) is 16.2 Å². The molecule has 1 saturated heterocycles. The third kappa shape index (κ3) is 5.15. The normalized spacial score (nSPS) is 18.9. The van der Waals surface area contributed by atoms with Crippen LogP contribution in [-0.2, 0) is 10.0 Å². The van der Waals surface area contributed by atoms with E-state index in [0.29, 0.717) is 23.4 Å². The summed E-state index contributed by atoms with van der Waals surface area (Å²) in [7, 11) is -2.70. The zero-order chi connectivity index (χ0) is 23.8. The second-order valence-electron chi connectivity index (χ2n) is 8.42. The van der Waals surface area contributed by atoms with Crippen LogP contribution in [0.15, 0.2) is 53.4 Å². The van der Waals surface area contributed by atoms with Crippen LogP contribution in [0.3, 0.4) is 0 Å². The fourth-order valence-electron chi connectivity index (χ4n) is 4.17. The molecule has 9 heteroatoms. The minimum absolute atomic E-state index is 0.270. The van der Waals surface area contributed by atoms with Crippen LogP contribution in [0.1, 0.15) is 18.7 Å². The molecule has 1 aromatic heterocycles. The summed E-state index contributed by atoms with van der Waals surface area (Å²) in [6.45, 7) is 7.78. The Balaban J connectivity index is 1.63. The lowest BCUT2D eigenvalue weighted by Gasteiger charge is -2.38. The lowest BCUT2D eigenvalue weighted by Crippen LogP contribution is -2.54. The van der Waals surface area contributed by atoms with Crippen molar-refractivity contribution in [2.75, 3.05) is 29.8 Å². The van der Waals surface area contributed by atoms with Gasteiger partial charge in [-0.2, -0.15) is 0 Å². The van der Waals surface area contributed by atoms with E-state index in [1.807, 2.05) is 25.1 Å². The van der Waals surface area contributed by atoms with Crippen molar-refractivity contribution in [2.45, 2.75) is 37.8 Å². The Morgan fingerprint density at radius 1 is 1.09 bits per heavy atom. The molecule has 0 bridgehead atoms. The van der Waals surface area contributed by atoms with Crippen LogP contribution in [-0.4, -0.2) is 40.7 Å². The number of benzene rings is 2. The highest BCUT2D eigenvalue weighted by Gasteiger charge is 2.24. The van der Waals surface area contributed by atoms with E-state index in [4.69, 9.17) is 4.74 Å². The molecule has 33 heavy (non-hydrogen) atoms. The largest absolute Gasteiger partial charge is 0.495 e. The molecular formula is C24H28FN3O3S2. The molecule has 0 saturated carbocycles. The number of hydrogen-bond donors (Lipinski definition) is 2. The summed E-state index contributed by atoms with van der Waals surface area (Å²) in [5, 5.41) is 3.48. The van der Waals surface area contributed by atoms with Crippen LogP contribution in [0, 0.1) is 12.7 Å². The summed E-state index contributed by atoms with van der Waals surface area (Å²) in [5.41, 5.74) is 1.79. The quantitative estimate of drug-likeness (QED) is 0.518. The molecule has 0 radical (unpaired) electrons. The smallest absolute Gasteiger partial charge is 0.264 e. The maximum Gasteiger partial charge on any atom is 0.264 e. The molecule has 1 fully saturated rings. The van der Waals surface area contributed by atoms with Crippen molar-refractivity contribution in [1.82, 2.24) is 5.32 Å². The zero-order valence-corrected chi connectivity index (χ0v) is 20.7. The van der Waals surface area contributed by atoms with Gasteiger partial charge >= 0.3 is 0 Å². The summed E-state index contributed by atoms with van der Waals surface area (Å²) < 4.78 is 49.0. The van der Waals surface area contributed by atoms with Crippen LogP contribution in [0.5, 0.6) is 5.75 Å². The minimum atomic E-state index is -4.17. The number of aryl methyl sites for hydroxylation is 1. The molecule has 2 atom stereocenters. The minimum Gasteiger partial charge on any atom is -0.495 e. The van der Waals surface area contributed by atoms with Gasteiger partial charge < -0.3 is 15.0 Å². The first-order chi connectivity index (χ1) is 15.7. The second-order valence-corrected chi connectivity index (χ2v) is 11.4. The van der Waals surface area contributed by atoms with Gasteiger partial charge in [-0.25, -0.2) is 12.8 Å². The Morgan fingerprint density at radius 3 is 2.42 bits per heavy atom. The zero-order valence-electron chi connectivity index (χ0n) is 19.1. The maximum atomic E-state index is 14.9. The van der Waals surface area contributed by atoms with Gasteiger partial charge in [-0.3, -0.25) is 4.72 Å². The number of nitrogens with one attached hydrogen (secondary N) is 2. The Kier molecular flexibility index (Phi) is 6.65. The molecule has 0 spiro atoms. The van der Waals surface area contributed by atoms with E-state index in [9.17, 15) is 12.8 Å². The predicted molar refractivity (Wildman–Crippen MR) is 133 cm³/mol. The number of rotatable bonds is 6. The second kappa shape index (κ2) is 9.32. The van der Waals surface area contributed by atoms with Gasteiger partial charge in [0.15, 0.2) is 0 Å². The van der Waals surface area contributed by atoms with E-state index in [1.54, 1.807) is 18.2 Å². The number of hydrogen-bond acceptors (Lipinski definition) is 6. The lowest BCUT2D eigenvalue weighted by molar-refractivity contribution is 0.406. The van der Waals surface area contributed by atoms with E-state index in [1.165, 1.54) is 30.6 Å². The van der Waals surface area contributed by atoms with Gasteiger partial charge in [0.05, 0.1) is 12.8 Å². The lowest BCUT2D eigenvalue weighted by atomic mass is 10.1. The molecule has 1 aliphatic heterocycles. The van der Waals surface area contributed by atoms with Crippen LogP contribution in [0.4, 0.5) is 15.8 Å². The number of piperazine rings is 1. The summed E-state index contributed by atoms with van der Waals surface area (Å²) >= 11 is 1.53. The number of thiophene rings is 1. The Bertz CT molecular complexity index is 1250. The number of anilines is 2. The average molecular weight is 490 g/mol. The van der Waals surface area contributed by atoms with E-state index in [0.717, 1.165) is 28.5 Å². The van der Waals surface area contributed by atoms with Crippen LogP contribution >= 0.6 is 11.3 Å². The predicted octanol–water partition coefficient (Wildman–Crippen LogP) is 4.86. The third-order valence-electron chi connectivity index (χ3n) is 5.60. The fourth-order valence-corrected chi connectivity index (χ4v) is 6.16. The van der Waals surface area contributed by atoms with E-state index >= 15 is 0 Å². The van der Waals surface area contributed by atoms with E-state index in [-0.39, 0.29) is 5.69 Å². The van der Waals surface area contributed by atoms with Gasteiger partial charge in [0.25, 0.3) is 10.0 Å². The number of methoxy groups -OCH3 is 1. The topological polar surface area (TPSA) is 70.7 Å². The van der Waals surface area contributed by atoms with Gasteiger partial charge in [0.1, 0.15) is 16.5 Å². The van der Waals surface area contributed by atoms with Crippen molar-refractivity contribution in [2.24, 2.45) is 0 Å². The summed E-state index contributed by atoms with van der Waals surface area (Å²) in [6.07, 6.45) is 0. The van der Waals surface area contributed by atoms with Crippen molar-refractivity contribution < 1.29 is 17.5 Å². The monoisotopic (exact) mass is 489 g/mol. The Labute approximate surface area is 198 Å². The van der Waals surface area contributed by atoms with Gasteiger partial charge in [0.2, 0.25) is 0 Å². The van der Waals surface area contributed by atoms with E-state index < -0.39 is 20.7 Å². The number of sulfonamides is 1. The molecule has 2 N–H and O–H groups in total. The molecule has 3 aromatic rings. The highest BCUT2D eigenvalue weighted by molar-refractivity contribution is 7.92. The molecule has 1 aliphatic rings. The molecule has 2 unspecified atom stereocenters. The molecule has 0 aliphatic carbocycles. The fraction of sp³-hybridized carbons (Fsp3) is 0.333. The van der Waals surface area contributed by atoms with Crippen LogP contribution < -0.4 is 19.7 Å². The summed E-state index contributed by atoms with van der Waals surface area (Å²) in [5.74, 6) is -0.435. The molecule has 0 amide bonds. The Hall–Kier alpha value is -2.62.